The largest absolute Gasteiger partial charge is 0.314 e. The summed E-state index contributed by atoms with van der Waals surface area (Å²) in [5, 5.41) is 3.68. The Morgan fingerprint density at radius 1 is 1.24 bits per heavy atom. The molecular weight excluding hydrogens is 206 g/mol. The van der Waals surface area contributed by atoms with Crippen LogP contribution in [0.15, 0.2) is 11.6 Å². The minimum Gasteiger partial charge on any atom is -0.314 e. The fourth-order valence-corrected chi connectivity index (χ4v) is 3.97. The van der Waals surface area contributed by atoms with E-state index in [0.29, 0.717) is 16.9 Å². The van der Waals surface area contributed by atoms with E-state index in [4.69, 9.17) is 0 Å². The molecule has 1 fully saturated rings. The van der Waals surface area contributed by atoms with Gasteiger partial charge < -0.3 is 5.32 Å². The number of nitrogens with one attached hydrogen (secondary N) is 1. The van der Waals surface area contributed by atoms with Gasteiger partial charge in [-0.2, -0.15) is 0 Å². The SMILES string of the molecule is CC(C)NCC1(C2=CCCCC2)CC(C)(C)C1. The molecule has 0 aliphatic heterocycles. The second-order valence-corrected chi connectivity index (χ2v) is 7.31. The van der Waals surface area contributed by atoms with Crippen LogP contribution in [0.2, 0.25) is 0 Å². The first-order valence-corrected chi connectivity index (χ1v) is 7.37. The Labute approximate surface area is 107 Å². The number of hydrogen-bond donors (Lipinski definition) is 1. The lowest BCUT2D eigenvalue weighted by Gasteiger charge is -2.56. The highest BCUT2D eigenvalue weighted by Gasteiger charge is 2.50. The molecule has 0 aromatic carbocycles. The molecule has 0 saturated heterocycles. The van der Waals surface area contributed by atoms with E-state index < -0.39 is 0 Å². The first kappa shape index (κ1) is 13.1. The highest BCUT2D eigenvalue weighted by molar-refractivity contribution is 5.24. The predicted octanol–water partition coefficient (Wildman–Crippen LogP) is 4.29. The zero-order valence-corrected chi connectivity index (χ0v) is 12.1. The van der Waals surface area contributed by atoms with Crippen LogP contribution in [0.1, 0.15) is 66.2 Å². The summed E-state index contributed by atoms with van der Waals surface area (Å²) in [4.78, 5) is 0. The fourth-order valence-electron chi connectivity index (χ4n) is 3.97. The lowest BCUT2D eigenvalue weighted by atomic mass is 9.50. The van der Waals surface area contributed by atoms with Gasteiger partial charge in [0.2, 0.25) is 0 Å². The van der Waals surface area contributed by atoms with Crippen molar-refractivity contribution < 1.29 is 0 Å². The molecular formula is C16H29N. The van der Waals surface area contributed by atoms with Crippen molar-refractivity contribution in [3.63, 3.8) is 0 Å². The van der Waals surface area contributed by atoms with E-state index in [1.807, 2.05) is 0 Å². The van der Waals surface area contributed by atoms with Crippen LogP contribution in [-0.2, 0) is 0 Å². The minimum atomic E-state index is 0.508. The highest BCUT2D eigenvalue weighted by atomic mass is 14.9. The molecule has 0 atom stereocenters. The van der Waals surface area contributed by atoms with Gasteiger partial charge in [0.25, 0.3) is 0 Å². The van der Waals surface area contributed by atoms with Gasteiger partial charge in [0.15, 0.2) is 0 Å². The summed E-state index contributed by atoms with van der Waals surface area (Å²) in [5.74, 6) is 0. The van der Waals surface area contributed by atoms with Crippen LogP contribution in [0.3, 0.4) is 0 Å². The maximum atomic E-state index is 3.68. The van der Waals surface area contributed by atoms with Crippen molar-refractivity contribution in [1.29, 1.82) is 0 Å². The Kier molecular flexibility index (Phi) is 3.68. The average Bonchev–Trinajstić information content (AvgIpc) is 2.24. The van der Waals surface area contributed by atoms with Crippen LogP contribution in [-0.4, -0.2) is 12.6 Å². The Balaban J connectivity index is 2.06. The maximum Gasteiger partial charge on any atom is 0.00480 e. The van der Waals surface area contributed by atoms with Crippen molar-refractivity contribution in [3.8, 4) is 0 Å². The van der Waals surface area contributed by atoms with E-state index in [1.165, 1.54) is 45.1 Å². The van der Waals surface area contributed by atoms with Crippen LogP contribution in [0.25, 0.3) is 0 Å². The minimum absolute atomic E-state index is 0.508. The van der Waals surface area contributed by atoms with Gasteiger partial charge in [-0.3, -0.25) is 0 Å². The van der Waals surface area contributed by atoms with Crippen LogP contribution in [0, 0.1) is 10.8 Å². The molecule has 98 valence electrons. The van der Waals surface area contributed by atoms with Gasteiger partial charge in [0.05, 0.1) is 0 Å². The summed E-state index contributed by atoms with van der Waals surface area (Å²) in [6.07, 6.45) is 10.8. The first-order chi connectivity index (χ1) is 7.94. The van der Waals surface area contributed by atoms with Crippen LogP contribution >= 0.6 is 0 Å². The summed E-state index contributed by atoms with van der Waals surface area (Å²) in [7, 11) is 0. The third-order valence-corrected chi connectivity index (χ3v) is 4.45. The van der Waals surface area contributed by atoms with Crippen LogP contribution in [0.4, 0.5) is 0 Å². The molecule has 1 saturated carbocycles. The molecule has 0 amide bonds. The molecule has 0 aromatic heterocycles. The van der Waals surface area contributed by atoms with Crippen molar-refractivity contribution in [2.45, 2.75) is 72.3 Å². The van der Waals surface area contributed by atoms with E-state index >= 15 is 0 Å². The third kappa shape index (κ3) is 2.93. The fraction of sp³-hybridized carbons (Fsp3) is 0.875. The van der Waals surface area contributed by atoms with E-state index in [1.54, 1.807) is 5.57 Å². The second kappa shape index (κ2) is 4.76. The molecule has 0 heterocycles. The molecule has 2 aliphatic carbocycles. The number of allylic oxidation sites excluding steroid dienone is 1. The van der Waals surface area contributed by atoms with Gasteiger partial charge in [-0.1, -0.05) is 39.3 Å². The summed E-state index contributed by atoms with van der Waals surface area (Å²) in [6.45, 7) is 10.5. The van der Waals surface area contributed by atoms with Gasteiger partial charge in [-0.15, -0.1) is 0 Å². The Bertz CT molecular complexity index is 291. The molecule has 1 N–H and O–H groups in total. The smallest absolute Gasteiger partial charge is 0.00480 e. The van der Waals surface area contributed by atoms with Crippen molar-refractivity contribution in [3.05, 3.63) is 11.6 Å². The Morgan fingerprint density at radius 2 is 1.94 bits per heavy atom. The summed E-state index contributed by atoms with van der Waals surface area (Å²) in [5.41, 5.74) is 2.85. The molecule has 2 rings (SSSR count). The average molecular weight is 235 g/mol. The van der Waals surface area contributed by atoms with E-state index in [0.717, 1.165) is 0 Å². The van der Waals surface area contributed by atoms with Crippen LogP contribution in [0.5, 0.6) is 0 Å². The van der Waals surface area contributed by atoms with Gasteiger partial charge in [0, 0.05) is 18.0 Å². The Hall–Kier alpha value is -0.300. The zero-order chi connectivity index (χ0) is 12.5. The van der Waals surface area contributed by atoms with Gasteiger partial charge in [-0.25, -0.2) is 0 Å². The Morgan fingerprint density at radius 3 is 2.41 bits per heavy atom. The van der Waals surface area contributed by atoms with Crippen molar-refractivity contribution in [2.75, 3.05) is 6.54 Å². The van der Waals surface area contributed by atoms with E-state index in [9.17, 15) is 0 Å². The molecule has 0 radical (unpaired) electrons. The molecule has 1 nitrogen and oxygen atoms in total. The summed E-state index contributed by atoms with van der Waals surface area (Å²) >= 11 is 0. The van der Waals surface area contributed by atoms with Crippen LogP contribution < -0.4 is 5.32 Å². The van der Waals surface area contributed by atoms with Crippen molar-refractivity contribution in [1.82, 2.24) is 5.32 Å². The van der Waals surface area contributed by atoms with Gasteiger partial charge >= 0.3 is 0 Å². The van der Waals surface area contributed by atoms with Gasteiger partial charge in [-0.05, 0) is 43.9 Å². The lowest BCUT2D eigenvalue weighted by Crippen LogP contribution is -2.51. The monoisotopic (exact) mass is 235 g/mol. The lowest BCUT2D eigenvalue weighted by molar-refractivity contribution is 0.0142. The topological polar surface area (TPSA) is 12.0 Å². The van der Waals surface area contributed by atoms with Gasteiger partial charge in [0.1, 0.15) is 0 Å². The predicted molar refractivity (Wildman–Crippen MR) is 75.1 cm³/mol. The van der Waals surface area contributed by atoms with E-state index in [2.05, 4.69) is 39.1 Å². The summed E-state index contributed by atoms with van der Waals surface area (Å²) < 4.78 is 0. The first-order valence-electron chi connectivity index (χ1n) is 7.37. The second-order valence-electron chi connectivity index (χ2n) is 7.31. The third-order valence-electron chi connectivity index (χ3n) is 4.45. The quantitative estimate of drug-likeness (QED) is 0.717. The molecule has 0 unspecified atom stereocenters. The highest BCUT2D eigenvalue weighted by Crippen LogP contribution is 2.59. The molecule has 0 bridgehead atoms. The normalized spacial score (nSPS) is 26.5. The molecule has 17 heavy (non-hydrogen) atoms. The standard InChI is InChI=1S/C16H29N/c1-13(2)17-12-16(10-15(3,4)11-16)14-8-6-5-7-9-14/h8,13,17H,5-7,9-12H2,1-4H3. The van der Waals surface area contributed by atoms with Crippen molar-refractivity contribution >= 4 is 0 Å². The summed E-state index contributed by atoms with van der Waals surface area (Å²) in [6, 6.07) is 0.611. The van der Waals surface area contributed by atoms with Crippen molar-refractivity contribution in [2.24, 2.45) is 10.8 Å². The van der Waals surface area contributed by atoms with E-state index in [-0.39, 0.29) is 0 Å². The number of rotatable bonds is 4. The maximum absolute atomic E-state index is 3.68. The molecule has 0 aromatic rings. The molecule has 1 heteroatoms. The molecule has 0 spiro atoms. The zero-order valence-electron chi connectivity index (χ0n) is 12.1. The molecule has 2 aliphatic rings. The number of hydrogen-bond acceptors (Lipinski definition) is 1.